The lowest BCUT2D eigenvalue weighted by molar-refractivity contribution is -0.113. The third-order valence-electron chi connectivity index (χ3n) is 4.63. The first-order chi connectivity index (χ1) is 14.0. The Balaban J connectivity index is 1.63. The first-order valence-corrected chi connectivity index (χ1v) is 8.99. The van der Waals surface area contributed by atoms with Crippen LogP contribution >= 0.6 is 0 Å². The molecule has 3 heterocycles. The smallest absolute Gasteiger partial charge is 0.278 e. The molecule has 4 rings (SSSR count). The Hall–Kier alpha value is -3.94. The zero-order valence-electron chi connectivity index (χ0n) is 16.4. The van der Waals surface area contributed by atoms with E-state index in [9.17, 15) is 4.79 Å². The SMILES string of the molecule is C=N/C(C(=O)Nc1ccc2[nH]c(-c3ccco3)nc2c1)=C1/N=C(C)C=C(C)N1C. The molecule has 3 aromatic rings. The van der Waals surface area contributed by atoms with Gasteiger partial charge in [-0.1, -0.05) is 0 Å². The number of furan rings is 1. The Kier molecular flexibility index (Phi) is 4.59. The van der Waals surface area contributed by atoms with Crippen LogP contribution in [0.2, 0.25) is 0 Å². The molecule has 8 heteroatoms. The number of aromatic nitrogens is 2. The standard InChI is InChI=1S/C21H20N6O2/c1-12-10-13(2)27(4)20(23-12)18(22-3)21(28)24-14-7-8-15-16(11-14)26-19(25-15)17-6-5-9-29-17/h5-11H,3H2,1-2,4H3,(H,24,28)(H,25,26)/b20-18-. The quantitative estimate of drug-likeness (QED) is 0.522. The Morgan fingerprint density at radius 2 is 2.14 bits per heavy atom. The van der Waals surface area contributed by atoms with E-state index in [2.05, 4.69) is 32.0 Å². The van der Waals surface area contributed by atoms with Crippen LogP contribution in [-0.2, 0) is 4.79 Å². The Morgan fingerprint density at radius 1 is 1.31 bits per heavy atom. The molecule has 0 aliphatic carbocycles. The molecule has 1 aliphatic heterocycles. The van der Waals surface area contributed by atoms with Crippen molar-refractivity contribution in [1.29, 1.82) is 0 Å². The van der Waals surface area contributed by atoms with Gasteiger partial charge in [-0.3, -0.25) is 9.79 Å². The summed E-state index contributed by atoms with van der Waals surface area (Å²) in [6.45, 7) is 7.37. The van der Waals surface area contributed by atoms with Crippen LogP contribution in [0.15, 0.2) is 74.3 Å². The van der Waals surface area contributed by atoms with E-state index >= 15 is 0 Å². The van der Waals surface area contributed by atoms with Gasteiger partial charge < -0.3 is 19.6 Å². The molecule has 0 fully saturated rings. The molecule has 29 heavy (non-hydrogen) atoms. The van der Waals surface area contributed by atoms with Crippen molar-refractivity contribution < 1.29 is 9.21 Å². The maximum absolute atomic E-state index is 12.9. The van der Waals surface area contributed by atoms with Gasteiger partial charge in [0.15, 0.2) is 23.1 Å². The fourth-order valence-corrected chi connectivity index (χ4v) is 3.10. The minimum Gasteiger partial charge on any atom is -0.461 e. The number of carbonyl (C=O) groups excluding carboxylic acids is 1. The topological polar surface area (TPSA) is 98.9 Å². The molecule has 2 N–H and O–H groups in total. The number of benzene rings is 1. The largest absolute Gasteiger partial charge is 0.461 e. The molecule has 0 bridgehead atoms. The highest BCUT2D eigenvalue weighted by Crippen LogP contribution is 2.25. The van der Waals surface area contributed by atoms with Gasteiger partial charge in [0.05, 0.1) is 17.3 Å². The molecule has 1 amide bonds. The van der Waals surface area contributed by atoms with Crippen molar-refractivity contribution in [3.05, 3.63) is 59.9 Å². The van der Waals surface area contributed by atoms with E-state index in [4.69, 9.17) is 4.42 Å². The predicted octanol–water partition coefficient (Wildman–Crippen LogP) is 3.94. The number of aliphatic imine (C=N–C) groups is 2. The van der Waals surface area contributed by atoms with Crippen LogP contribution in [0.3, 0.4) is 0 Å². The second-order valence-corrected chi connectivity index (χ2v) is 6.68. The minimum absolute atomic E-state index is 0.151. The summed E-state index contributed by atoms with van der Waals surface area (Å²) in [4.78, 5) is 30.8. The third kappa shape index (κ3) is 3.47. The summed E-state index contributed by atoms with van der Waals surface area (Å²) in [5.41, 5.74) is 4.05. The summed E-state index contributed by atoms with van der Waals surface area (Å²) in [6, 6.07) is 9.05. The molecule has 0 spiro atoms. The molecule has 1 aromatic carbocycles. The number of imidazole rings is 1. The van der Waals surface area contributed by atoms with Gasteiger partial charge in [0, 0.05) is 24.1 Å². The van der Waals surface area contributed by atoms with Crippen molar-refractivity contribution in [2.24, 2.45) is 9.98 Å². The zero-order valence-corrected chi connectivity index (χ0v) is 16.4. The van der Waals surface area contributed by atoms with Gasteiger partial charge in [-0.15, -0.1) is 0 Å². The van der Waals surface area contributed by atoms with Gasteiger partial charge in [-0.25, -0.2) is 9.98 Å². The molecule has 2 aromatic heterocycles. The Morgan fingerprint density at radius 3 is 2.86 bits per heavy atom. The normalized spacial score (nSPS) is 15.8. The third-order valence-corrected chi connectivity index (χ3v) is 4.63. The Bertz CT molecular complexity index is 1200. The predicted molar refractivity (Wildman–Crippen MR) is 114 cm³/mol. The molecule has 0 unspecified atom stereocenters. The van der Waals surface area contributed by atoms with Gasteiger partial charge in [0.1, 0.15) is 0 Å². The molecular weight excluding hydrogens is 368 g/mol. The van der Waals surface area contributed by atoms with Crippen LogP contribution in [0.5, 0.6) is 0 Å². The first kappa shape index (κ1) is 18.4. The van der Waals surface area contributed by atoms with E-state index in [1.807, 2.05) is 44.0 Å². The van der Waals surface area contributed by atoms with Crippen LogP contribution < -0.4 is 5.32 Å². The van der Waals surface area contributed by atoms with E-state index in [0.29, 0.717) is 28.6 Å². The lowest BCUT2D eigenvalue weighted by Gasteiger charge is -2.25. The lowest BCUT2D eigenvalue weighted by Crippen LogP contribution is -2.25. The van der Waals surface area contributed by atoms with Crippen LogP contribution in [0.25, 0.3) is 22.6 Å². The Labute approximate surface area is 167 Å². The van der Waals surface area contributed by atoms with Crippen LogP contribution in [0.4, 0.5) is 5.69 Å². The molecular formula is C21H20N6O2. The number of allylic oxidation sites excluding steroid dienone is 2. The number of carbonyl (C=O) groups is 1. The summed E-state index contributed by atoms with van der Waals surface area (Å²) >= 11 is 0. The van der Waals surface area contributed by atoms with Gasteiger partial charge in [0.2, 0.25) is 0 Å². The molecule has 146 valence electrons. The fourth-order valence-electron chi connectivity index (χ4n) is 3.10. The summed E-state index contributed by atoms with van der Waals surface area (Å²) in [6.07, 6.45) is 3.53. The van der Waals surface area contributed by atoms with E-state index in [1.54, 1.807) is 24.5 Å². The number of hydrogen-bond donors (Lipinski definition) is 2. The van der Waals surface area contributed by atoms with E-state index in [-0.39, 0.29) is 5.70 Å². The number of fused-ring (bicyclic) bond motifs is 1. The maximum atomic E-state index is 12.9. The van der Waals surface area contributed by atoms with Crippen molar-refractivity contribution in [3.8, 4) is 11.6 Å². The molecule has 0 atom stereocenters. The second-order valence-electron chi connectivity index (χ2n) is 6.68. The van der Waals surface area contributed by atoms with Crippen molar-refractivity contribution in [2.45, 2.75) is 13.8 Å². The molecule has 0 saturated carbocycles. The zero-order chi connectivity index (χ0) is 20.5. The average Bonchev–Trinajstić information content (AvgIpc) is 3.35. The number of H-pyrrole nitrogens is 1. The number of nitrogens with zero attached hydrogens (tertiary/aromatic N) is 4. The van der Waals surface area contributed by atoms with Gasteiger partial charge in [0.25, 0.3) is 5.91 Å². The number of aromatic amines is 1. The van der Waals surface area contributed by atoms with Crippen molar-refractivity contribution in [1.82, 2.24) is 14.9 Å². The number of rotatable bonds is 4. The number of anilines is 1. The van der Waals surface area contributed by atoms with E-state index in [0.717, 1.165) is 16.9 Å². The van der Waals surface area contributed by atoms with E-state index < -0.39 is 5.91 Å². The average molecular weight is 388 g/mol. The summed E-state index contributed by atoms with van der Waals surface area (Å²) in [5.74, 6) is 1.33. The minimum atomic E-state index is -0.394. The highest BCUT2D eigenvalue weighted by atomic mass is 16.3. The first-order valence-electron chi connectivity index (χ1n) is 8.99. The van der Waals surface area contributed by atoms with Crippen molar-refractivity contribution in [3.63, 3.8) is 0 Å². The van der Waals surface area contributed by atoms with Crippen LogP contribution in [-0.4, -0.2) is 40.3 Å². The molecule has 0 radical (unpaired) electrons. The highest BCUT2D eigenvalue weighted by molar-refractivity contribution is 6.06. The maximum Gasteiger partial charge on any atom is 0.278 e. The number of amides is 1. The van der Waals surface area contributed by atoms with E-state index in [1.165, 1.54) is 0 Å². The molecule has 8 nitrogen and oxygen atoms in total. The summed E-state index contributed by atoms with van der Waals surface area (Å²) in [7, 11) is 1.83. The highest BCUT2D eigenvalue weighted by Gasteiger charge is 2.21. The molecule has 0 saturated heterocycles. The number of nitrogens with one attached hydrogen (secondary N) is 2. The van der Waals surface area contributed by atoms with Crippen LogP contribution in [0.1, 0.15) is 13.8 Å². The molecule has 1 aliphatic rings. The number of hydrogen-bond acceptors (Lipinski definition) is 6. The van der Waals surface area contributed by atoms with Crippen molar-refractivity contribution >= 4 is 35.1 Å². The fraction of sp³-hybridized carbons (Fsp3) is 0.143. The van der Waals surface area contributed by atoms with Gasteiger partial charge >= 0.3 is 0 Å². The van der Waals surface area contributed by atoms with Crippen molar-refractivity contribution in [2.75, 3.05) is 12.4 Å². The summed E-state index contributed by atoms with van der Waals surface area (Å²) in [5, 5.41) is 2.85. The van der Waals surface area contributed by atoms with Gasteiger partial charge in [-0.2, -0.15) is 0 Å². The van der Waals surface area contributed by atoms with Gasteiger partial charge in [-0.05, 0) is 57.0 Å². The van der Waals surface area contributed by atoms with Crippen LogP contribution in [0, 0.1) is 0 Å². The second kappa shape index (κ2) is 7.23. The summed E-state index contributed by atoms with van der Waals surface area (Å²) < 4.78 is 5.37. The monoisotopic (exact) mass is 388 g/mol. The lowest BCUT2D eigenvalue weighted by atomic mass is 10.2.